The lowest BCUT2D eigenvalue weighted by atomic mass is 9.46. The second-order valence-corrected chi connectivity index (χ2v) is 9.19. The Morgan fingerprint density at radius 2 is 2.11 bits per heavy atom. The van der Waals surface area contributed by atoms with E-state index in [1.807, 2.05) is 25.2 Å². The zero-order valence-corrected chi connectivity index (χ0v) is 17.4. The van der Waals surface area contributed by atoms with Gasteiger partial charge in [-0.25, -0.2) is 4.79 Å². The van der Waals surface area contributed by atoms with Crippen molar-refractivity contribution in [1.82, 2.24) is 0 Å². The highest BCUT2D eigenvalue weighted by Gasteiger charge is 2.57. The van der Waals surface area contributed by atoms with Crippen LogP contribution in [0.3, 0.4) is 0 Å². The number of rotatable bonds is 5. The number of aliphatic hydroxyl groups is 2. The standard InChI is InChI=1S/C24H34O4/c1-5-6-7-18-14-17(22(27)28-18)9-10-19-16(2)8-11-20-23(19,3)13-12-21(26)24(20,4)15-25/h7,9-10,14,19-21,25-26H,2,5-6,8,11-13,15H2,1,3-4H3/b10-9+,18-7-/t19-,20+,21-,23+,24+/m1/s1. The Bertz CT molecular complexity index is 731. The number of unbranched alkanes of at least 4 members (excludes halogenated alkanes) is 1. The number of carbonyl (C=O) groups is 1. The monoisotopic (exact) mass is 386 g/mol. The van der Waals surface area contributed by atoms with Crippen LogP contribution in [0, 0.1) is 22.7 Å². The van der Waals surface area contributed by atoms with Crippen LogP contribution in [-0.4, -0.2) is 28.9 Å². The molecule has 0 aromatic rings. The van der Waals surface area contributed by atoms with Crippen molar-refractivity contribution in [2.45, 2.75) is 65.4 Å². The normalized spacial score (nSPS) is 40.0. The average Bonchev–Trinajstić information content (AvgIpc) is 3.02. The van der Waals surface area contributed by atoms with E-state index >= 15 is 0 Å². The molecule has 0 unspecified atom stereocenters. The smallest absolute Gasteiger partial charge is 0.343 e. The van der Waals surface area contributed by atoms with Gasteiger partial charge in [-0.15, -0.1) is 0 Å². The topological polar surface area (TPSA) is 66.8 Å². The maximum atomic E-state index is 12.2. The first kappa shape index (κ1) is 21.1. The van der Waals surface area contributed by atoms with Crippen molar-refractivity contribution in [3.8, 4) is 0 Å². The number of allylic oxidation sites excluding steroid dienone is 4. The summed E-state index contributed by atoms with van der Waals surface area (Å²) in [6.07, 6.45) is 12.5. The van der Waals surface area contributed by atoms with Crippen molar-refractivity contribution in [2.24, 2.45) is 22.7 Å². The number of hydrogen-bond donors (Lipinski definition) is 2. The number of esters is 1. The molecule has 0 radical (unpaired) electrons. The van der Waals surface area contributed by atoms with Gasteiger partial charge in [-0.3, -0.25) is 0 Å². The van der Waals surface area contributed by atoms with Gasteiger partial charge in [0.2, 0.25) is 0 Å². The first-order valence-electron chi connectivity index (χ1n) is 10.5. The Morgan fingerprint density at radius 3 is 2.79 bits per heavy atom. The maximum absolute atomic E-state index is 12.2. The van der Waals surface area contributed by atoms with Crippen LogP contribution in [0.1, 0.15) is 59.3 Å². The van der Waals surface area contributed by atoms with E-state index in [0.29, 0.717) is 17.8 Å². The minimum absolute atomic E-state index is 0.0135. The highest BCUT2D eigenvalue weighted by molar-refractivity contribution is 5.95. The molecule has 4 nitrogen and oxygen atoms in total. The van der Waals surface area contributed by atoms with Gasteiger partial charge in [0, 0.05) is 11.3 Å². The highest BCUT2D eigenvalue weighted by atomic mass is 16.5. The second-order valence-electron chi connectivity index (χ2n) is 9.19. The van der Waals surface area contributed by atoms with Crippen LogP contribution >= 0.6 is 0 Å². The summed E-state index contributed by atoms with van der Waals surface area (Å²) in [7, 11) is 0. The predicted molar refractivity (Wildman–Crippen MR) is 110 cm³/mol. The van der Waals surface area contributed by atoms with Gasteiger partial charge in [-0.2, -0.15) is 0 Å². The number of fused-ring (bicyclic) bond motifs is 1. The first-order valence-corrected chi connectivity index (χ1v) is 10.5. The van der Waals surface area contributed by atoms with Gasteiger partial charge >= 0.3 is 5.97 Å². The van der Waals surface area contributed by atoms with Gasteiger partial charge in [0.1, 0.15) is 5.76 Å². The van der Waals surface area contributed by atoms with Crippen LogP contribution < -0.4 is 0 Å². The van der Waals surface area contributed by atoms with Crippen LogP contribution in [0.15, 0.2) is 47.8 Å². The van der Waals surface area contributed by atoms with Crippen molar-refractivity contribution < 1.29 is 19.7 Å². The van der Waals surface area contributed by atoms with Gasteiger partial charge < -0.3 is 14.9 Å². The van der Waals surface area contributed by atoms with Crippen LogP contribution in [0.25, 0.3) is 0 Å². The van der Waals surface area contributed by atoms with E-state index in [4.69, 9.17) is 4.74 Å². The molecule has 0 bridgehead atoms. The molecule has 4 heteroatoms. The number of cyclic esters (lactones) is 1. The Morgan fingerprint density at radius 1 is 1.36 bits per heavy atom. The fraction of sp³-hybridized carbons (Fsp3) is 0.625. The summed E-state index contributed by atoms with van der Waals surface area (Å²) >= 11 is 0. The lowest BCUT2D eigenvalue weighted by molar-refractivity contribution is -0.145. The molecule has 3 aliphatic rings. The fourth-order valence-corrected chi connectivity index (χ4v) is 5.60. The lowest BCUT2D eigenvalue weighted by Crippen LogP contribution is -2.57. The molecular formula is C24H34O4. The Labute approximate surface area is 168 Å². The summed E-state index contributed by atoms with van der Waals surface area (Å²) in [6, 6.07) is 0. The average molecular weight is 387 g/mol. The van der Waals surface area contributed by atoms with E-state index in [0.717, 1.165) is 32.1 Å². The van der Waals surface area contributed by atoms with Gasteiger partial charge in [-0.1, -0.05) is 51.5 Å². The molecule has 0 spiro atoms. The minimum atomic E-state index is -0.499. The third-order valence-electron chi connectivity index (χ3n) is 7.40. The van der Waals surface area contributed by atoms with Crippen LogP contribution in [0.5, 0.6) is 0 Å². The molecule has 1 heterocycles. The third kappa shape index (κ3) is 3.53. The van der Waals surface area contributed by atoms with E-state index in [9.17, 15) is 15.0 Å². The number of carbonyl (C=O) groups excluding carboxylic acids is 1. The fourth-order valence-electron chi connectivity index (χ4n) is 5.60. The molecule has 0 aromatic carbocycles. The largest absolute Gasteiger partial charge is 0.423 e. The SMILES string of the molecule is C=C1CC[C@@H]2[C@](C)(CO)[C@H](O)CC[C@@]2(C)[C@@H]1/C=C/C1=CC(=C/CCC)/OC1=O. The lowest BCUT2D eigenvalue weighted by Gasteiger charge is -2.59. The molecule has 0 aromatic heterocycles. The second kappa shape index (κ2) is 8.00. The Kier molecular flexibility index (Phi) is 6.02. The zero-order chi connectivity index (χ0) is 20.5. The van der Waals surface area contributed by atoms with Crippen molar-refractivity contribution in [3.05, 3.63) is 47.8 Å². The van der Waals surface area contributed by atoms with Gasteiger partial charge in [0.05, 0.1) is 18.3 Å². The predicted octanol–water partition coefficient (Wildman–Crippen LogP) is 4.45. The quantitative estimate of drug-likeness (QED) is 0.541. The molecule has 0 amide bonds. The Hall–Kier alpha value is -1.65. The summed E-state index contributed by atoms with van der Waals surface area (Å²) in [4.78, 5) is 12.2. The third-order valence-corrected chi connectivity index (χ3v) is 7.40. The van der Waals surface area contributed by atoms with Gasteiger partial charge in [-0.05, 0) is 55.6 Å². The van der Waals surface area contributed by atoms with Crippen molar-refractivity contribution >= 4 is 5.97 Å². The van der Waals surface area contributed by atoms with E-state index in [1.54, 1.807) is 0 Å². The molecule has 28 heavy (non-hydrogen) atoms. The van der Waals surface area contributed by atoms with E-state index in [-0.39, 0.29) is 29.8 Å². The molecule has 2 aliphatic carbocycles. The molecule has 5 atom stereocenters. The zero-order valence-electron chi connectivity index (χ0n) is 17.4. The molecule has 1 aliphatic heterocycles. The number of aliphatic hydroxyl groups excluding tert-OH is 2. The van der Waals surface area contributed by atoms with Gasteiger partial charge in [0.25, 0.3) is 0 Å². The molecule has 2 saturated carbocycles. The van der Waals surface area contributed by atoms with E-state index in [2.05, 4.69) is 26.5 Å². The molecule has 154 valence electrons. The van der Waals surface area contributed by atoms with Gasteiger partial charge in [0.15, 0.2) is 0 Å². The summed E-state index contributed by atoms with van der Waals surface area (Å²) in [5.41, 5.74) is 1.15. The maximum Gasteiger partial charge on any atom is 0.343 e. The first-order chi connectivity index (χ1) is 13.3. The Balaban J connectivity index is 1.88. The summed E-state index contributed by atoms with van der Waals surface area (Å²) < 4.78 is 5.33. The number of ether oxygens (including phenoxy) is 1. The summed E-state index contributed by atoms with van der Waals surface area (Å²) in [5, 5.41) is 20.7. The minimum Gasteiger partial charge on any atom is -0.423 e. The molecule has 2 N–H and O–H groups in total. The van der Waals surface area contributed by atoms with Crippen LogP contribution in [-0.2, 0) is 9.53 Å². The highest BCUT2D eigenvalue weighted by Crippen LogP contribution is 2.61. The van der Waals surface area contributed by atoms with E-state index < -0.39 is 11.5 Å². The van der Waals surface area contributed by atoms with Crippen molar-refractivity contribution in [3.63, 3.8) is 0 Å². The molecular weight excluding hydrogens is 352 g/mol. The van der Waals surface area contributed by atoms with E-state index in [1.165, 1.54) is 5.57 Å². The van der Waals surface area contributed by atoms with Crippen LogP contribution in [0.2, 0.25) is 0 Å². The summed E-state index contributed by atoms with van der Waals surface area (Å²) in [5.74, 6) is 0.646. The molecule has 3 rings (SSSR count). The van der Waals surface area contributed by atoms with Crippen molar-refractivity contribution in [1.29, 1.82) is 0 Å². The summed E-state index contributed by atoms with van der Waals surface area (Å²) in [6.45, 7) is 10.7. The van der Waals surface area contributed by atoms with Crippen LogP contribution in [0.4, 0.5) is 0 Å². The number of hydrogen-bond acceptors (Lipinski definition) is 4. The van der Waals surface area contributed by atoms with Crippen molar-refractivity contribution in [2.75, 3.05) is 6.61 Å². The molecule has 0 saturated heterocycles. The molecule has 2 fully saturated rings.